The van der Waals surface area contributed by atoms with Gasteiger partial charge in [0.15, 0.2) is 0 Å². The summed E-state index contributed by atoms with van der Waals surface area (Å²) in [4.78, 5) is 20.6. The van der Waals surface area contributed by atoms with Crippen LogP contribution in [0, 0.1) is 11.8 Å². The van der Waals surface area contributed by atoms with Crippen LogP contribution in [0.1, 0.15) is 50.5 Å². The molecule has 1 aliphatic carbocycles. The molecule has 0 spiro atoms. The minimum absolute atomic E-state index is 0.122. The third-order valence-corrected chi connectivity index (χ3v) is 3.97. The lowest BCUT2D eigenvalue weighted by Gasteiger charge is -2.33. The first kappa shape index (κ1) is 14.8. The third kappa shape index (κ3) is 3.68. The Morgan fingerprint density at radius 2 is 2.15 bits per heavy atom. The van der Waals surface area contributed by atoms with E-state index in [1.165, 1.54) is 19.0 Å². The number of anilines is 1. The van der Waals surface area contributed by atoms with Crippen LogP contribution in [0.25, 0.3) is 0 Å². The van der Waals surface area contributed by atoms with E-state index >= 15 is 0 Å². The van der Waals surface area contributed by atoms with Crippen LogP contribution >= 0.6 is 0 Å². The van der Waals surface area contributed by atoms with Crippen molar-refractivity contribution in [2.24, 2.45) is 11.8 Å². The summed E-state index contributed by atoms with van der Waals surface area (Å²) in [5.74, 6) is 1.80. The lowest BCUT2D eigenvalue weighted by molar-refractivity contribution is 0.0894. The maximum atomic E-state index is 12.3. The molecule has 20 heavy (non-hydrogen) atoms. The normalized spacial score (nSPS) is 26.1. The van der Waals surface area contributed by atoms with Crippen molar-refractivity contribution in [1.29, 1.82) is 0 Å². The Kier molecular flexibility index (Phi) is 4.93. The predicted octanol–water partition coefficient (Wildman–Crippen LogP) is 2.46. The fraction of sp³-hybridized carbons (Fsp3) is 0.667. The van der Waals surface area contributed by atoms with Gasteiger partial charge in [-0.05, 0) is 38.0 Å². The molecule has 110 valence electrons. The molecule has 3 atom stereocenters. The fourth-order valence-corrected chi connectivity index (χ4v) is 2.86. The van der Waals surface area contributed by atoms with E-state index in [9.17, 15) is 4.79 Å². The molecule has 2 N–H and O–H groups in total. The lowest BCUT2D eigenvalue weighted by atomic mass is 9.80. The topological polar surface area (TPSA) is 66.9 Å². The second-order valence-electron chi connectivity index (χ2n) is 5.80. The number of hydrogen-bond acceptors (Lipinski definition) is 4. The molecule has 1 aromatic rings. The first-order valence-electron chi connectivity index (χ1n) is 7.47. The van der Waals surface area contributed by atoms with Crippen molar-refractivity contribution in [3.05, 3.63) is 18.1 Å². The molecule has 1 aliphatic rings. The Morgan fingerprint density at radius 3 is 2.85 bits per heavy atom. The van der Waals surface area contributed by atoms with Crippen molar-refractivity contribution in [3.63, 3.8) is 0 Å². The minimum atomic E-state index is -0.122. The molecular formula is C15H24N4O. The smallest absolute Gasteiger partial charge is 0.271 e. The molecule has 3 unspecified atom stereocenters. The molecule has 0 aliphatic heterocycles. The highest BCUT2D eigenvalue weighted by Crippen LogP contribution is 2.28. The van der Waals surface area contributed by atoms with Gasteiger partial charge < -0.3 is 10.6 Å². The molecule has 0 saturated heterocycles. The van der Waals surface area contributed by atoms with E-state index in [1.807, 2.05) is 6.92 Å². The van der Waals surface area contributed by atoms with Gasteiger partial charge in [-0.2, -0.15) is 0 Å². The summed E-state index contributed by atoms with van der Waals surface area (Å²) in [6, 6.07) is 0.253. The largest absolute Gasteiger partial charge is 0.369 e. The zero-order valence-electron chi connectivity index (χ0n) is 12.5. The van der Waals surface area contributed by atoms with Crippen LogP contribution in [-0.2, 0) is 0 Å². The number of aromatic nitrogens is 2. The van der Waals surface area contributed by atoms with Gasteiger partial charge in [0.25, 0.3) is 5.91 Å². The Labute approximate surface area is 120 Å². The van der Waals surface area contributed by atoms with Gasteiger partial charge in [0.2, 0.25) is 0 Å². The molecule has 1 fully saturated rings. The number of hydrogen-bond donors (Lipinski definition) is 2. The quantitative estimate of drug-likeness (QED) is 0.886. The van der Waals surface area contributed by atoms with Crippen molar-refractivity contribution in [2.45, 2.75) is 46.1 Å². The van der Waals surface area contributed by atoms with Crippen molar-refractivity contribution in [2.75, 3.05) is 11.9 Å². The molecule has 1 aromatic heterocycles. The Bertz CT molecular complexity index is 463. The number of rotatable bonds is 4. The van der Waals surface area contributed by atoms with E-state index in [4.69, 9.17) is 0 Å². The van der Waals surface area contributed by atoms with Gasteiger partial charge >= 0.3 is 0 Å². The van der Waals surface area contributed by atoms with Gasteiger partial charge in [-0.25, -0.2) is 4.98 Å². The second kappa shape index (κ2) is 6.68. The highest BCUT2D eigenvalue weighted by molar-refractivity contribution is 5.92. The van der Waals surface area contributed by atoms with Crippen molar-refractivity contribution < 1.29 is 4.79 Å². The van der Waals surface area contributed by atoms with Crippen LogP contribution in [0.3, 0.4) is 0 Å². The SMILES string of the molecule is CCNc1cncc(C(=O)NC2CCC(C)CC2C)n1. The molecule has 0 radical (unpaired) electrons. The number of nitrogens with zero attached hydrogens (tertiary/aromatic N) is 2. The van der Waals surface area contributed by atoms with Gasteiger partial charge in [-0.15, -0.1) is 0 Å². The molecule has 0 bridgehead atoms. The van der Waals surface area contributed by atoms with Crippen molar-refractivity contribution in [3.8, 4) is 0 Å². The lowest BCUT2D eigenvalue weighted by Crippen LogP contribution is -2.42. The highest BCUT2D eigenvalue weighted by atomic mass is 16.1. The van der Waals surface area contributed by atoms with E-state index in [0.29, 0.717) is 17.4 Å². The summed E-state index contributed by atoms with van der Waals surface area (Å²) in [5.41, 5.74) is 0.384. The van der Waals surface area contributed by atoms with Crippen LogP contribution in [0.2, 0.25) is 0 Å². The average Bonchev–Trinajstić information content (AvgIpc) is 2.42. The van der Waals surface area contributed by atoms with Gasteiger partial charge in [-0.1, -0.05) is 13.8 Å². The Morgan fingerprint density at radius 1 is 1.35 bits per heavy atom. The summed E-state index contributed by atoms with van der Waals surface area (Å²) in [6.45, 7) is 7.23. The van der Waals surface area contributed by atoms with Gasteiger partial charge in [-0.3, -0.25) is 9.78 Å². The molecule has 0 aromatic carbocycles. The first-order valence-corrected chi connectivity index (χ1v) is 7.47. The van der Waals surface area contributed by atoms with Crippen LogP contribution < -0.4 is 10.6 Å². The van der Waals surface area contributed by atoms with Crippen LogP contribution in [-0.4, -0.2) is 28.5 Å². The van der Waals surface area contributed by atoms with Crippen molar-refractivity contribution in [1.82, 2.24) is 15.3 Å². The van der Waals surface area contributed by atoms with Gasteiger partial charge in [0, 0.05) is 12.6 Å². The maximum absolute atomic E-state index is 12.3. The summed E-state index contributed by atoms with van der Waals surface area (Å²) in [5, 5.41) is 6.17. The fourth-order valence-electron chi connectivity index (χ4n) is 2.86. The molecule has 1 saturated carbocycles. The number of nitrogens with one attached hydrogen (secondary N) is 2. The van der Waals surface area contributed by atoms with E-state index in [0.717, 1.165) is 18.9 Å². The van der Waals surface area contributed by atoms with Crippen molar-refractivity contribution >= 4 is 11.7 Å². The second-order valence-corrected chi connectivity index (χ2v) is 5.80. The van der Waals surface area contributed by atoms with Gasteiger partial charge in [0.05, 0.1) is 12.4 Å². The highest BCUT2D eigenvalue weighted by Gasteiger charge is 2.27. The van der Waals surface area contributed by atoms with Gasteiger partial charge in [0.1, 0.15) is 11.5 Å². The maximum Gasteiger partial charge on any atom is 0.271 e. The number of amides is 1. The van der Waals surface area contributed by atoms with E-state index in [-0.39, 0.29) is 11.9 Å². The van der Waals surface area contributed by atoms with E-state index in [1.54, 1.807) is 6.20 Å². The zero-order valence-corrected chi connectivity index (χ0v) is 12.5. The Balaban J connectivity index is 1.99. The van der Waals surface area contributed by atoms with E-state index < -0.39 is 0 Å². The zero-order chi connectivity index (χ0) is 14.5. The predicted molar refractivity (Wildman–Crippen MR) is 79.6 cm³/mol. The molecule has 5 nitrogen and oxygen atoms in total. The molecule has 5 heteroatoms. The number of carbonyl (C=O) groups excluding carboxylic acids is 1. The van der Waals surface area contributed by atoms with E-state index in [2.05, 4.69) is 34.4 Å². The minimum Gasteiger partial charge on any atom is -0.369 e. The molecule has 1 heterocycles. The first-order chi connectivity index (χ1) is 9.60. The monoisotopic (exact) mass is 276 g/mol. The average molecular weight is 276 g/mol. The molecule has 1 amide bonds. The summed E-state index contributed by atoms with van der Waals surface area (Å²) in [6.07, 6.45) is 6.55. The van der Waals surface area contributed by atoms with Crippen LogP contribution in [0.5, 0.6) is 0 Å². The summed E-state index contributed by atoms with van der Waals surface area (Å²) in [7, 11) is 0. The third-order valence-electron chi connectivity index (χ3n) is 3.97. The van der Waals surface area contributed by atoms with Crippen LogP contribution in [0.4, 0.5) is 5.82 Å². The molecule has 2 rings (SSSR count). The molecular weight excluding hydrogens is 252 g/mol. The van der Waals surface area contributed by atoms with Crippen LogP contribution in [0.15, 0.2) is 12.4 Å². The standard InChI is InChI=1S/C15H24N4O/c1-4-17-14-9-16-8-13(18-14)15(20)19-12-6-5-10(2)7-11(12)3/h8-12H,4-7H2,1-3H3,(H,17,18)(H,19,20). The summed E-state index contributed by atoms with van der Waals surface area (Å²) < 4.78 is 0. The number of carbonyl (C=O) groups is 1. The summed E-state index contributed by atoms with van der Waals surface area (Å²) >= 11 is 0. The Hall–Kier alpha value is -1.65.